The molecule has 0 bridgehead atoms. The number of nitrogens with zero attached hydrogens (tertiary/aromatic N) is 1. The monoisotopic (exact) mass is 277 g/mol. The van der Waals surface area contributed by atoms with Gasteiger partial charge in [0, 0.05) is 19.0 Å². The van der Waals surface area contributed by atoms with Gasteiger partial charge in [-0.3, -0.25) is 9.59 Å². The van der Waals surface area contributed by atoms with Gasteiger partial charge in [0.25, 0.3) is 0 Å². The molecule has 0 saturated heterocycles. The fourth-order valence-electron chi connectivity index (χ4n) is 1.47. The molecule has 5 nitrogen and oxygen atoms in total. The van der Waals surface area contributed by atoms with Crippen molar-refractivity contribution in [3.05, 3.63) is 0 Å². The Balaban J connectivity index is 3.60. The van der Waals surface area contributed by atoms with Crippen LogP contribution in [0.4, 0.5) is 0 Å². The molecule has 6 heteroatoms. The minimum Gasteiger partial charge on any atom is -0.348 e. The predicted octanol–water partition coefficient (Wildman–Crippen LogP) is 0.580. The first-order valence-electron chi connectivity index (χ1n) is 6.50. The van der Waals surface area contributed by atoms with Gasteiger partial charge in [0.15, 0.2) is 0 Å². The van der Waals surface area contributed by atoms with E-state index < -0.39 is 11.8 Å². The van der Waals surface area contributed by atoms with Gasteiger partial charge in [-0.15, -0.1) is 11.6 Å². The maximum atomic E-state index is 11.4. The second-order valence-corrected chi connectivity index (χ2v) is 4.31. The summed E-state index contributed by atoms with van der Waals surface area (Å²) < 4.78 is 0. The zero-order valence-corrected chi connectivity index (χ0v) is 12.1. The van der Waals surface area contributed by atoms with Crippen LogP contribution in [0.3, 0.4) is 0 Å². The molecule has 0 aromatic carbocycles. The SMILES string of the molecule is CCN(CC)CCCNC(=O)C(=O)NCCCCl. The van der Waals surface area contributed by atoms with E-state index in [-0.39, 0.29) is 0 Å². The fraction of sp³-hybridized carbons (Fsp3) is 0.833. The first kappa shape index (κ1) is 17.2. The molecule has 0 aliphatic heterocycles. The number of halogens is 1. The zero-order chi connectivity index (χ0) is 13.8. The van der Waals surface area contributed by atoms with Crippen molar-refractivity contribution < 1.29 is 9.59 Å². The van der Waals surface area contributed by atoms with Crippen molar-refractivity contribution in [1.82, 2.24) is 15.5 Å². The molecular weight excluding hydrogens is 254 g/mol. The van der Waals surface area contributed by atoms with E-state index in [2.05, 4.69) is 29.4 Å². The molecule has 2 amide bonds. The summed E-state index contributed by atoms with van der Waals surface area (Å²) in [5.41, 5.74) is 0. The maximum Gasteiger partial charge on any atom is 0.309 e. The molecule has 0 fully saturated rings. The number of hydrogen-bond acceptors (Lipinski definition) is 3. The van der Waals surface area contributed by atoms with Crippen molar-refractivity contribution >= 4 is 23.4 Å². The highest BCUT2D eigenvalue weighted by Crippen LogP contribution is 1.89. The Kier molecular flexibility index (Phi) is 10.8. The molecule has 0 aliphatic carbocycles. The molecule has 0 heterocycles. The van der Waals surface area contributed by atoms with Crippen LogP contribution in [0.5, 0.6) is 0 Å². The summed E-state index contributed by atoms with van der Waals surface area (Å²) in [4.78, 5) is 24.9. The first-order valence-corrected chi connectivity index (χ1v) is 7.03. The Hall–Kier alpha value is -0.810. The summed E-state index contributed by atoms with van der Waals surface area (Å²) >= 11 is 5.47. The molecule has 0 atom stereocenters. The van der Waals surface area contributed by atoms with E-state index in [0.717, 1.165) is 26.1 Å². The number of nitrogens with one attached hydrogen (secondary N) is 2. The van der Waals surface area contributed by atoms with Crippen LogP contribution >= 0.6 is 11.6 Å². The fourth-order valence-corrected chi connectivity index (χ4v) is 1.61. The number of rotatable bonds is 9. The van der Waals surface area contributed by atoms with Crippen molar-refractivity contribution in [3.8, 4) is 0 Å². The Bertz CT molecular complexity index is 245. The van der Waals surface area contributed by atoms with Gasteiger partial charge in [-0.1, -0.05) is 13.8 Å². The topological polar surface area (TPSA) is 61.4 Å². The van der Waals surface area contributed by atoms with Crippen LogP contribution in [-0.2, 0) is 9.59 Å². The van der Waals surface area contributed by atoms with Crippen LogP contribution in [0.1, 0.15) is 26.7 Å². The second-order valence-electron chi connectivity index (χ2n) is 3.93. The van der Waals surface area contributed by atoms with Gasteiger partial charge in [0.1, 0.15) is 0 Å². The van der Waals surface area contributed by atoms with E-state index in [1.807, 2.05) is 0 Å². The third-order valence-corrected chi connectivity index (χ3v) is 2.90. The Morgan fingerprint density at radius 2 is 1.50 bits per heavy atom. The van der Waals surface area contributed by atoms with Crippen molar-refractivity contribution in [3.63, 3.8) is 0 Å². The molecule has 0 saturated carbocycles. The van der Waals surface area contributed by atoms with Crippen LogP contribution < -0.4 is 10.6 Å². The third kappa shape index (κ3) is 8.31. The van der Waals surface area contributed by atoms with Gasteiger partial charge in [-0.25, -0.2) is 0 Å². The summed E-state index contributed by atoms with van der Waals surface area (Å²) in [6.45, 7) is 8.11. The van der Waals surface area contributed by atoms with E-state index in [1.165, 1.54) is 0 Å². The summed E-state index contributed by atoms with van der Waals surface area (Å²) in [5, 5.41) is 5.11. The van der Waals surface area contributed by atoms with Crippen molar-refractivity contribution in [1.29, 1.82) is 0 Å². The van der Waals surface area contributed by atoms with Crippen LogP contribution in [-0.4, -0.2) is 55.3 Å². The average molecular weight is 278 g/mol. The molecule has 0 aromatic heterocycles. The highest BCUT2D eigenvalue weighted by Gasteiger charge is 2.11. The van der Waals surface area contributed by atoms with Gasteiger partial charge >= 0.3 is 11.8 Å². The Morgan fingerprint density at radius 1 is 1.00 bits per heavy atom. The molecule has 106 valence electrons. The second kappa shape index (κ2) is 11.3. The lowest BCUT2D eigenvalue weighted by atomic mass is 10.3. The van der Waals surface area contributed by atoms with Crippen LogP contribution in [0.2, 0.25) is 0 Å². The highest BCUT2D eigenvalue weighted by atomic mass is 35.5. The highest BCUT2D eigenvalue weighted by molar-refractivity contribution is 6.35. The van der Waals surface area contributed by atoms with Crippen molar-refractivity contribution in [2.75, 3.05) is 38.6 Å². The van der Waals surface area contributed by atoms with Gasteiger partial charge in [-0.05, 0) is 32.5 Å². The summed E-state index contributed by atoms with van der Waals surface area (Å²) in [6.07, 6.45) is 1.52. The lowest BCUT2D eigenvalue weighted by Gasteiger charge is -2.17. The van der Waals surface area contributed by atoms with Crippen LogP contribution in [0.25, 0.3) is 0 Å². The number of carbonyl (C=O) groups is 2. The molecule has 0 aliphatic rings. The lowest BCUT2D eigenvalue weighted by molar-refractivity contribution is -0.139. The van der Waals surface area contributed by atoms with E-state index in [1.54, 1.807) is 0 Å². The number of carbonyl (C=O) groups excluding carboxylic acids is 2. The van der Waals surface area contributed by atoms with Gasteiger partial charge in [-0.2, -0.15) is 0 Å². The molecular formula is C12H24ClN3O2. The van der Waals surface area contributed by atoms with Crippen molar-refractivity contribution in [2.45, 2.75) is 26.7 Å². The summed E-state index contributed by atoms with van der Waals surface area (Å²) in [5.74, 6) is -0.668. The number of alkyl halides is 1. The molecule has 18 heavy (non-hydrogen) atoms. The standard InChI is InChI=1S/C12H24ClN3O2/c1-3-16(4-2)10-6-9-15-12(18)11(17)14-8-5-7-13/h3-10H2,1-2H3,(H,14,17)(H,15,18). The average Bonchev–Trinajstić information content (AvgIpc) is 2.38. The van der Waals surface area contributed by atoms with E-state index in [4.69, 9.17) is 11.6 Å². The molecule has 0 unspecified atom stereocenters. The first-order chi connectivity index (χ1) is 8.65. The molecule has 0 aromatic rings. The van der Waals surface area contributed by atoms with Gasteiger partial charge in [0.05, 0.1) is 0 Å². The number of amides is 2. The maximum absolute atomic E-state index is 11.4. The summed E-state index contributed by atoms with van der Waals surface area (Å²) in [6, 6.07) is 0. The van der Waals surface area contributed by atoms with Crippen molar-refractivity contribution in [2.24, 2.45) is 0 Å². The smallest absolute Gasteiger partial charge is 0.309 e. The minimum absolute atomic E-state index is 0.440. The molecule has 0 spiro atoms. The number of hydrogen-bond donors (Lipinski definition) is 2. The molecule has 2 N–H and O–H groups in total. The Labute approximate surface area is 114 Å². The predicted molar refractivity (Wildman–Crippen MR) is 73.8 cm³/mol. The Morgan fingerprint density at radius 3 is 1.94 bits per heavy atom. The summed E-state index contributed by atoms with van der Waals surface area (Å²) in [7, 11) is 0. The van der Waals surface area contributed by atoms with Gasteiger partial charge in [0.2, 0.25) is 0 Å². The third-order valence-electron chi connectivity index (χ3n) is 2.63. The van der Waals surface area contributed by atoms with E-state index in [9.17, 15) is 9.59 Å². The normalized spacial score (nSPS) is 10.4. The largest absolute Gasteiger partial charge is 0.348 e. The minimum atomic E-state index is -0.581. The van der Waals surface area contributed by atoms with E-state index >= 15 is 0 Å². The van der Waals surface area contributed by atoms with Gasteiger partial charge < -0.3 is 15.5 Å². The lowest BCUT2D eigenvalue weighted by Crippen LogP contribution is -2.41. The molecule has 0 radical (unpaired) electrons. The van der Waals surface area contributed by atoms with E-state index in [0.29, 0.717) is 25.4 Å². The van der Waals surface area contributed by atoms with Crippen LogP contribution in [0.15, 0.2) is 0 Å². The zero-order valence-electron chi connectivity index (χ0n) is 11.3. The van der Waals surface area contributed by atoms with Crippen LogP contribution in [0, 0.1) is 0 Å². The molecule has 0 rings (SSSR count). The quantitative estimate of drug-likeness (QED) is 0.368.